The van der Waals surface area contributed by atoms with Crippen LogP contribution in [0.4, 0.5) is 5.69 Å². The van der Waals surface area contributed by atoms with E-state index >= 15 is 0 Å². The van der Waals surface area contributed by atoms with Gasteiger partial charge < -0.3 is 24.2 Å². The Hall–Kier alpha value is -1.30. The Kier molecular flexibility index (Phi) is 7.10. The van der Waals surface area contributed by atoms with Gasteiger partial charge in [0.2, 0.25) is 0 Å². The maximum Gasteiger partial charge on any atom is 0.119 e. The van der Waals surface area contributed by atoms with E-state index in [4.69, 9.17) is 9.47 Å². The summed E-state index contributed by atoms with van der Waals surface area (Å²) in [6, 6.07) is 8.53. The third-order valence-electron chi connectivity index (χ3n) is 6.79. The van der Waals surface area contributed by atoms with Crippen molar-refractivity contribution in [2.75, 3.05) is 77.6 Å². The summed E-state index contributed by atoms with van der Waals surface area (Å²) in [5, 5.41) is 0. The quantitative estimate of drug-likeness (QED) is 0.748. The summed E-state index contributed by atoms with van der Waals surface area (Å²) in [4.78, 5) is 7.93. The normalized spacial score (nSPS) is 25.8. The minimum absolute atomic E-state index is 0.783. The van der Waals surface area contributed by atoms with Gasteiger partial charge >= 0.3 is 0 Å². The first-order chi connectivity index (χ1) is 13.8. The number of benzene rings is 1. The molecule has 0 radical (unpaired) electrons. The standard InChI is InChI=1S/C23H37N3O2/c1-27-23-5-3-22(4-6-23)26-11-2-10-24(14-15-26)17-20-7-12-25(13-8-20)18-21-9-16-28-19-21/h3-6,20-21H,2,7-19H2,1H3/t21-/m0/s1. The number of rotatable bonds is 6. The van der Waals surface area contributed by atoms with E-state index in [2.05, 4.69) is 39.0 Å². The molecule has 0 aromatic heterocycles. The summed E-state index contributed by atoms with van der Waals surface area (Å²) in [7, 11) is 1.73. The van der Waals surface area contributed by atoms with Gasteiger partial charge in [-0.1, -0.05) is 0 Å². The van der Waals surface area contributed by atoms with Gasteiger partial charge in [0.15, 0.2) is 0 Å². The highest BCUT2D eigenvalue weighted by Gasteiger charge is 2.25. The maximum atomic E-state index is 5.54. The zero-order valence-corrected chi connectivity index (χ0v) is 17.5. The van der Waals surface area contributed by atoms with Gasteiger partial charge in [-0.3, -0.25) is 0 Å². The molecule has 4 rings (SSSR count). The smallest absolute Gasteiger partial charge is 0.119 e. The summed E-state index contributed by atoms with van der Waals surface area (Å²) in [6.07, 6.45) is 5.25. The molecule has 0 spiro atoms. The molecular weight excluding hydrogens is 350 g/mol. The van der Waals surface area contributed by atoms with E-state index in [1.807, 2.05) is 0 Å². The topological polar surface area (TPSA) is 28.2 Å². The first-order valence-electron chi connectivity index (χ1n) is 11.2. The predicted octanol–water partition coefficient (Wildman–Crippen LogP) is 2.96. The van der Waals surface area contributed by atoms with Crippen LogP contribution in [0.15, 0.2) is 24.3 Å². The number of likely N-dealkylation sites (tertiary alicyclic amines) is 1. The number of nitrogens with zero attached hydrogens (tertiary/aromatic N) is 3. The molecule has 0 N–H and O–H groups in total. The molecular formula is C23H37N3O2. The molecule has 3 heterocycles. The van der Waals surface area contributed by atoms with Crippen LogP contribution in [0.5, 0.6) is 5.75 Å². The highest BCUT2D eigenvalue weighted by molar-refractivity contribution is 5.49. The summed E-state index contributed by atoms with van der Waals surface area (Å²) in [5.74, 6) is 2.60. The molecule has 0 bridgehead atoms. The van der Waals surface area contributed by atoms with E-state index in [0.29, 0.717) is 0 Å². The van der Waals surface area contributed by atoms with Gasteiger partial charge in [0.25, 0.3) is 0 Å². The molecule has 0 amide bonds. The van der Waals surface area contributed by atoms with E-state index in [0.717, 1.165) is 43.9 Å². The monoisotopic (exact) mass is 387 g/mol. The van der Waals surface area contributed by atoms with Crippen molar-refractivity contribution in [2.45, 2.75) is 25.7 Å². The molecule has 0 aliphatic carbocycles. The van der Waals surface area contributed by atoms with Crippen molar-refractivity contribution in [1.29, 1.82) is 0 Å². The van der Waals surface area contributed by atoms with Crippen molar-refractivity contribution in [1.82, 2.24) is 9.80 Å². The molecule has 3 aliphatic rings. The average Bonchev–Trinajstić information content (AvgIpc) is 3.14. The van der Waals surface area contributed by atoms with Crippen molar-refractivity contribution in [3.05, 3.63) is 24.3 Å². The molecule has 1 aromatic carbocycles. The molecule has 3 saturated heterocycles. The van der Waals surface area contributed by atoms with Crippen LogP contribution < -0.4 is 9.64 Å². The predicted molar refractivity (Wildman–Crippen MR) is 114 cm³/mol. The van der Waals surface area contributed by atoms with Gasteiger partial charge in [0, 0.05) is 45.0 Å². The maximum absolute atomic E-state index is 5.54. The lowest BCUT2D eigenvalue weighted by molar-refractivity contribution is 0.123. The van der Waals surface area contributed by atoms with E-state index in [-0.39, 0.29) is 0 Å². The van der Waals surface area contributed by atoms with Gasteiger partial charge in [0.1, 0.15) is 5.75 Å². The van der Waals surface area contributed by atoms with Crippen molar-refractivity contribution < 1.29 is 9.47 Å². The SMILES string of the molecule is COc1ccc(N2CCCN(CC3CCN(C[C@@H]4CCOC4)CC3)CC2)cc1. The van der Waals surface area contributed by atoms with Crippen LogP contribution in [0.2, 0.25) is 0 Å². The molecule has 5 heteroatoms. The van der Waals surface area contributed by atoms with Crippen LogP contribution in [0.1, 0.15) is 25.7 Å². The Morgan fingerprint density at radius 2 is 1.61 bits per heavy atom. The lowest BCUT2D eigenvalue weighted by Crippen LogP contribution is -2.41. The number of hydrogen-bond donors (Lipinski definition) is 0. The fourth-order valence-corrected chi connectivity index (χ4v) is 5.01. The van der Waals surface area contributed by atoms with Crippen molar-refractivity contribution in [3.8, 4) is 5.75 Å². The number of ether oxygens (including phenoxy) is 2. The molecule has 5 nitrogen and oxygen atoms in total. The summed E-state index contributed by atoms with van der Waals surface area (Å²) in [5.41, 5.74) is 1.33. The van der Waals surface area contributed by atoms with E-state index in [1.54, 1.807) is 7.11 Å². The molecule has 0 unspecified atom stereocenters. The molecule has 28 heavy (non-hydrogen) atoms. The second-order valence-electron chi connectivity index (χ2n) is 8.81. The van der Waals surface area contributed by atoms with Gasteiger partial charge in [-0.2, -0.15) is 0 Å². The summed E-state index contributed by atoms with van der Waals surface area (Å²) >= 11 is 0. The average molecular weight is 388 g/mol. The Morgan fingerprint density at radius 1 is 0.857 bits per heavy atom. The van der Waals surface area contributed by atoms with Crippen LogP contribution >= 0.6 is 0 Å². The highest BCUT2D eigenvalue weighted by atomic mass is 16.5. The van der Waals surface area contributed by atoms with Crippen LogP contribution in [-0.2, 0) is 4.74 Å². The van der Waals surface area contributed by atoms with Crippen LogP contribution in [0.3, 0.4) is 0 Å². The summed E-state index contributed by atoms with van der Waals surface area (Å²) in [6.45, 7) is 11.8. The lowest BCUT2D eigenvalue weighted by Gasteiger charge is -2.35. The second kappa shape index (κ2) is 9.95. The lowest BCUT2D eigenvalue weighted by atomic mass is 9.95. The van der Waals surface area contributed by atoms with Crippen LogP contribution in [-0.4, -0.2) is 82.5 Å². The third-order valence-corrected chi connectivity index (χ3v) is 6.79. The minimum Gasteiger partial charge on any atom is -0.497 e. The first kappa shape index (κ1) is 20.0. The zero-order valence-electron chi connectivity index (χ0n) is 17.5. The van der Waals surface area contributed by atoms with E-state index < -0.39 is 0 Å². The molecule has 0 saturated carbocycles. The van der Waals surface area contributed by atoms with Gasteiger partial charge in [0.05, 0.1) is 13.7 Å². The fourth-order valence-electron chi connectivity index (χ4n) is 5.01. The van der Waals surface area contributed by atoms with Crippen molar-refractivity contribution in [3.63, 3.8) is 0 Å². The highest BCUT2D eigenvalue weighted by Crippen LogP contribution is 2.24. The Morgan fingerprint density at radius 3 is 2.32 bits per heavy atom. The van der Waals surface area contributed by atoms with E-state index in [1.165, 1.54) is 70.6 Å². The molecule has 1 aromatic rings. The second-order valence-corrected chi connectivity index (χ2v) is 8.81. The summed E-state index contributed by atoms with van der Waals surface area (Å²) < 4.78 is 10.8. The largest absolute Gasteiger partial charge is 0.497 e. The third kappa shape index (κ3) is 5.40. The molecule has 156 valence electrons. The molecule has 3 aliphatic heterocycles. The van der Waals surface area contributed by atoms with Gasteiger partial charge in [-0.15, -0.1) is 0 Å². The number of anilines is 1. The molecule has 1 atom stereocenters. The fraction of sp³-hybridized carbons (Fsp3) is 0.739. The number of methoxy groups -OCH3 is 1. The Bertz CT molecular complexity index is 580. The van der Waals surface area contributed by atoms with Crippen molar-refractivity contribution >= 4 is 5.69 Å². The first-order valence-corrected chi connectivity index (χ1v) is 11.2. The minimum atomic E-state index is 0.783. The number of hydrogen-bond acceptors (Lipinski definition) is 5. The zero-order chi connectivity index (χ0) is 19.2. The van der Waals surface area contributed by atoms with Crippen LogP contribution in [0, 0.1) is 11.8 Å². The van der Waals surface area contributed by atoms with Gasteiger partial charge in [-0.05, 0) is 81.4 Å². The van der Waals surface area contributed by atoms with Gasteiger partial charge in [-0.25, -0.2) is 0 Å². The molecule has 3 fully saturated rings. The van der Waals surface area contributed by atoms with Crippen LogP contribution in [0.25, 0.3) is 0 Å². The Labute approximate surface area is 170 Å². The van der Waals surface area contributed by atoms with E-state index in [9.17, 15) is 0 Å². The Balaban J connectivity index is 1.19. The van der Waals surface area contributed by atoms with Crippen molar-refractivity contribution in [2.24, 2.45) is 11.8 Å². The number of piperidine rings is 1.